The molecule has 2 nitrogen and oxygen atoms in total. The standard InChI is InChI=1S/C13H22N2/c1-4-11-5-7-12(8-6-11)9-13(14)10-15(2)3/h5-8,13H,4,9-10,14H2,1-3H3. The van der Waals surface area contributed by atoms with Crippen LogP contribution < -0.4 is 5.73 Å². The molecule has 0 saturated carbocycles. The highest BCUT2D eigenvalue weighted by molar-refractivity contribution is 5.23. The van der Waals surface area contributed by atoms with Gasteiger partial charge < -0.3 is 10.6 Å². The van der Waals surface area contributed by atoms with Crippen LogP contribution in [0.2, 0.25) is 0 Å². The molecular weight excluding hydrogens is 184 g/mol. The summed E-state index contributed by atoms with van der Waals surface area (Å²) in [4.78, 5) is 2.13. The van der Waals surface area contributed by atoms with E-state index in [0.717, 1.165) is 19.4 Å². The number of nitrogens with two attached hydrogens (primary N) is 1. The first-order valence-electron chi connectivity index (χ1n) is 5.60. The van der Waals surface area contributed by atoms with E-state index in [-0.39, 0.29) is 6.04 Å². The summed E-state index contributed by atoms with van der Waals surface area (Å²) in [6.07, 6.45) is 2.06. The summed E-state index contributed by atoms with van der Waals surface area (Å²) in [5.74, 6) is 0. The van der Waals surface area contributed by atoms with Crippen LogP contribution in [0, 0.1) is 0 Å². The monoisotopic (exact) mass is 206 g/mol. The molecule has 0 heterocycles. The average Bonchev–Trinajstić information content (AvgIpc) is 2.17. The van der Waals surface area contributed by atoms with Gasteiger partial charge in [-0.05, 0) is 38.1 Å². The predicted molar refractivity (Wildman–Crippen MR) is 66.1 cm³/mol. The second kappa shape index (κ2) is 5.89. The highest BCUT2D eigenvalue weighted by Gasteiger charge is 2.04. The number of aryl methyl sites for hydroxylation is 1. The van der Waals surface area contributed by atoms with Crippen LogP contribution in [-0.2, 0) is 12.8 Å². The van der Waals surface area contributed by atoms with Crippen molar-refractivity contribution >= 4 is 0 Å². The predicted octanol–water partition coefficient (Wildman–Crippen LogP) is 1.68. The van der Waals surface area contributed by atoms with Crippen LogP contribution in [0.1, 0.15) is 18.1 Å². The van der Waals surface area contributed by atoms with E-state index in [1.807, 2.05) is 0 Å². The lowest BCUT2D eigenvalue weighted by molar-refractivity contribution is 0.371. The van der Waals surface area contributed by atoms with Crippen LogP contribution in [0.5, 0.6) is 0 Å². The second-order valence-electron chi connectivity index (χ2n) is 4.40. The summed E-state index contributed by atoms with van der Waals surface area (Å²) in [7, 11) is 4.11. The first kappa shape index (κ1) is 12.2. The van der Waals surface area contributed by atoms with Crippen LogP contribution in [0.3, 0.4) is 0 Å². The van der Waals surface area contributed by atoms with Gasteiger partial charge >= 0.3 is 0 Å². The third-order valence-corrected chi connectivity index (χ3v) is 2.53. The Bertz CT molecular complexity index is 277. The van der Waals surface area contributed by atoms with Gasteiger partial charge in [-0.25, -0.2) is 0 Å². The van der Waals surface area contributed by atoms with Crippen molar-refractivity contribution in [3.05, 3.63) is 35.4 Å². The van der Waals surface area contributed by atoms with E-state index in [2.05, 4.69) is 50.2 Å². The lowest BCUT2D eigenvalue weighted by atomic mass is 10.0. The minimum atomic E-state index is 0.229. The molecule has 1 aromatic carbocycles. The van der Waals surface area contributed by atoms with E-state index in [1.54, 1.807) is 0 Å². The lowest BCUT2D eigenvalue weighted by Gasteiger charge is -2.16. The quantitative estimate of drug-likeness (QED) is 0.794. The fourth-order valence-corrected chi connectivity index (χ4v) is 1.75. The molecule has 0 aliphatic rings. The van der Waals surface area contributed by atoms with Crippen molar-refractivity contribution in [3.63, 3.8) is 0 Å². The molecule has 84 valence electrons. The van der Waals surface area contributed by atoms with Crippen LogP contribution in [0.15, 0.2) is 24.3 Å². The molecule has 0 fully saturated rings. The summed E-state index contributed by atoms with van der Waals surface area (Å²) in [6.45, 7) is 3.11. The van der Waals surface area contributed by atoms with Crippen LogP contribution in [0.25, 0.3) is 0 Å². The SMILES string of the molecule is CCc1ccc(CC(N)CN(C)C)cc1. The normalized spacial score (nSPS) is 13.1. The van der Waals surface area contributed by atoms with Crippen molar-refractivity contribution in [1.82, 2.24) is 4.90 Å². The van der Waals surface area contributed by atoms with Gasteiger partial charge in [0.2, 0.25) is 0 Å². The Morgan fingerprint density at radius 2 is 1.67 bits per heavy atom. The Morgan fingerprint density at radius 3 is 2.13 bits per heavy atom. The third-order valence-electron chi connectivity index (χ3n) is 2.53. The molecule has 0 bridgehead atoms. The van der Waals surface area contributed by atoms with Crippen molar-refractivity contribution in [2.75, 3.05) is 20.6 Å². The van der Waals surface area contributed by atoms with Gasteiger partial charge in [0.25, 0.3) is 0 Å². The second-order valence-corrected chi connectivity index (χ2v) is 4.40. The van der Waals surface area contributed by atoms with Crippen molar-refractivity contribution in [1.29, 1.82) is 0 Å². The number of benzene rings is 1. The molecule has 1 unspecified atom stereocenters. The Balaban J connectivity index is 2.49. The zero-order valence-corrected chi connectivity index (χ0v) is 10.0. The van der Waals surface area contributed by atoms with Gasteiger partial charge in [0.05, 0.1) is 0 Å². The van der Waals surface area contributed by atoms with E-state index in [0.29, 0.717) is 0 Å². The molecule has 0 aromatic heterocycles. The Labute approximate surface area is 93.1 Å². The van der Waals surface area contributed by atoms with Gasteiger partial charge in [-0.3, -0.25) is 0 Å². The van der Waals surface area contributed by atoms with Crippen LogP contribution >= 0.6 is 0 Å². The maximum atomic E-state index is 6.04. The van der Waals surface area contributed by atoms with Crippen LogP contribution in [-0.4, -0.2) is 31.6 Å². The molecule has 0 aliphatic carbocycles. The maximum absolute atomic E-state index is 6.04. The lowest BCUT2D eigenvalue weighted by Crippen LogP contribution is -2.34. The molecule has 2 heteroatoms. The topological polar surface area (TPSA) is 29.3 Å². The zero-order valence-electron chi connectivity index (χ0n) is 10.0. The van der Waals surface area contributed by atoms with E-state index in [4.69, 9.17) is 5.73 Å². The summed E-state index contributed by atoms with van der Waals surface area (Å²) in [6, 6.07) is 8.99. The maximum Gasteiger partial charge on any atom is 0.0208 e. The molecule has 1 aromatic rings. The zero-order chi connectivity index (χ0) is 11.3. The molecule has 0 spiro atoms. The highest BCUT2D eigenvalue weighted by atomic mass is 15.1. The number of likely N-dealkylation sites (N-methyl/N-ethyl adjacent to an activating group) is 1. The van der Waals surface area contributed by atoms with Gasteiger partial charge in [0.15, 0.2) is 0 Å². The van der Waals surface area contributed by atoms with Crippen molar-refractivity contribution < 1.29 is 0 Å². The van der Waals surface area contributed by atoms with Gasteiger partial charge in [-0.2, -0.15) is 0 Å². The number of hydrogen-bond donors (Lipinski definition) is 1. The van der Waals surface area contributed by atoms with E-state index in [1.165, 1.54) is 11.1 Å². The molecule has 15 heavy (non-hydrogen) atoms. The third kappa shape index (κ3) is 4.45. The van der Waals surface area contributed by atoms with Crippen molar-refractivity contribution in [2.45, 2.75) is 25.8 Å². The fourth-order valence-electron chi connectivity index (χ4n) is 1.75. The van der Waals surface area contributed by atoms with Gasteiger partial charge in [-0.1, -0.05) is 31.2 Å². The summed E-state index contributed by atoms with van der Waals surface area (Å²) in [5.41, 5.74) is 8.76. The minimum absolute atomic E-state index is 0.229. The smallest absolute Gasteiger partial charge is 0.0208 e. The number of hydrogen-bond acceptors (Lipinski definition) is 2. The summed E-state index contributed by atoms with van der Waals surface area (Å²) >= 11 is 0. The van der Waals surface area contributed by atoms with E-state index >= 15 is 0 Å². The van der Waals surface area contributed by atoms with Crippen LogP contribution in [0.4, 0.5) is 0 Å². The average molecular weight is 206 g/mol. The minimum Gasteiger partial charge on any atom is -0.326 e. The largest absolute Gasteiger partial charge is 0.326 e. The van der Waals surface area contributed by atoms with Gasteiger partial charge in [-0.15, -0.1) is 0 Å². The Hall–Kier alpha value is -0.860. The number of nitrogens with zero attached hydrogens (tertiary/aromatic N) is 1. The highest BCUT2D eigenvalue weighted by Crippen LogP contribution is 2.07. The number of rotatable bonds is 5. The first-order chi connectivity index (χ1) is 7.11. The fraction of sp³-hybridized carbons (Fsp3) is 0.538. The molecule has 0 radical (unpaired) electrons. The molecular formula is C13H22N2. The van der Waals surface area contributed by atoms with Crippen molar-refractivity contribution in [2.24, 2.45) is 5.73 Å². The molecule has 0 saturated heterocycles. The van der Waals surface area contributed by atoms with Gasteiger partial charge in [0.1, 0.15) is 0 Å². The molecule has 1 atom stereocenters. The summed E-state index contributed by atoms with van der Waals surface area (Å²) in [5, 5.41) is 0. The molecule has 2 N–H and O–H groups in total. The molecule has 0 amide bonds. The van der Waals surface area contributed by atoms with E-state index < -0.39 is 0 Å². The molecule has 0 aliphatic heterocycles. The van der Waals surface area contributed by atoms with Crippen molar-refractivity contribution in [3.8, 4) is 0 Å². The Morgan fingerprint density at radius 1 is 1.13 bits per heavy atom. The van der Waals surface area contributed by atoms with Gasteiger partial charge in [0, 0.05) is 12.6 Å². The summed E-state index contributed by atoms with van der Waals surface area (Å²) < 4.78 is 0. The van der Waals surface area contributed by atoms with E-state index in [9.17, 15) is 0 Å². The molecule has 1 rings (SSSR count). The first-order valence-corrected chi connectivity index (χ1v) is 5.60. The Kier molecular flexibility index (Phi) is 4.79.